The fourth-order valence-corrected chi connectivity index (χ4v) is 10.9. The van der Waals surface area contributed by atoms with Crippen molar-refractivity contribution in [2.75, 3.05) is 6.61 Å². The summed E-state index contributed by atoms with van der Waals surface area (Å²) < 4.78 is 30.3. The number of hydrogen-bond acceptors (Lipinski definition) is 5. The summed E-state index contributed by atoms with van der Waals surface area (Å²) in [6, 6.07) is 41.7. The van der Waals surface area contributed by atoms with Crippen LogP contribution in [0.3, 0.4) is 0 Å². The van der Waals surface area contributed by atoms with Gasteiger partial charge in [0.05, 0.1) is 0 Å². The Balaban J connectivity index is 1.65. The van der Waals surface area contributed by atoms with Crippen LogP contribution in [0.1, 0.15) is 58.2 Å². The molecule has 0 spiro atoms. The molecule has 1 aliphatic heterocycles. The van der Waals surface area contributed by atoms with Gasteiger partial charge in [-0.3, -0.25) is 0 Å². The normalized spacial score (nSPS) is 22.1. The van der Waals surface area contributed by atoms with E-state index in [1.54, 1.807) is 0 Å². The van der Waals surface area contributed by atoms with Crippen LogP contribution in [0.25, 0.3) is 0 Å². The van der Waals surface area contributed by atoms with Crippen molar-refractivity contribution in [1.82, 2.24) is 0 Å². The van der Waals surface area contributed by atoms with Gasteiger partial charge in [-0.2, -0.15) is 0 Å². The summed E-state index contributed by atoms with van der Waals surface area (Å²) in [5, 5.41) is 11.8. The quantitative estimate of drug-likeness (QED) is 0.115. The van der Waals surface area contributed by atoms with Crippen LogP contribution in [0.2, 0.25) is 36.3 Å². The van der Waals surface area contributed by atoms with Crippen molar-refractivity contribution in [3.63, 3.8) is 0 Å². The first-order valence-corrected chi connectivity index (χ1v) is 25.8. The fraction of sp³-hybridized carbons (Fsp3) is 0.442. The zero-order valence-electron chi connectivity index (χ0n) is 32.1. The third-order valence-electron chi connectivity index (χ3n) is 11.1. The second kappa shape index (κ2) is 15.9. The second-order valence-corrected chi connectivity index (χ2v) is 28.7. The molecular formula is C43H58O5SeSi2. The van der Waals surface area contributed by atoms with Gasteiger partial charge in [0.15, 0.2) is 0 Å². The van der Waals surface area contributed by atoms with Crippen molar-refractivity contribution in [2.24, 2.45) is 0 Å². The Bertz CT molecular complexity index is 1560. The van der Waals surface area contributed by atoms with E-state index >= 15 is 0 Å². The van der Waals surface area contributed by atoms with Gasteiger partial charge in [-0.25, -0.2) is 0 Å². The summed E-state index contributed by atoms with van der Waals surface area (Å²) in [6.07, 6.45) is -2.51. The van der Waals surface area contributed by atoms with E-state index in [1.165, 1.54) is 0 Å². The van der Waals surface area contributed by atoms with E-state index < -0.39 is 51.7 Å². The van der Waals surface area contributed by atoms with Gasteiger partial charge >= 0.3 is 317 Å². The third-order valence-corrected chi connectivity index (χ3v) is 22.5. The van der Waals surface area contributed by atoms with Gasteiger partial charge in [0, 0.05) is 0 Å². The predicted octanol–water partition coefficient (Wildman–Crippen LogP) is 8.89. The molecule has 1 heterocycles. The minimum absolute atomic E-state index is 0.0678. The molecule has 0 amide bonds. The molecule has 0 saturated carbocycles. The molecule has 274 valence electrons. The molecule has 0 aromatic heterocycles. The number of aliphatic hydroxyl groups excluding tert-OH is 1. The van der Waals surface area contributed by atoms with Crippen molar-refractivity contribution < 1.29 is 23.4 Å². The Morgan fingerprint density at radius 3 is 1.35 bits per heavy atom. The molecule has 0 unspecified atom stereocenters. The monoisotopic (exact) mass is 790 g/mol. The molecule has 4 aromatic carbocycles. The van der Waals surface area contributed by atoms with Crippen molar-refractivity contribution >= 4 is 36.1 Å². The molecular weight excluding hydrogens is 732 g/mol. The number of rotatable bonds is 12. The van der Waals surface area contributed by atoms with Gasteiger partial charge in [0.1, 0.15) is 0 Å². The molecule has 5 rings (SSSR count). The van der Waals surface area contributed by atoms with Crippen LogP contribution in [0.4, 0.5) is 0 Å². The van der Waals surface area contributed by atoms with Gasteiger partial charge in [-0.15, -0.1) is 0 Å². The van der Waals surface area contributed by atoms with Crippen molar-refractivity contribution in [2.45, 2.75) is 113 Å². The molecule has 1 aliphatic rings. The zero-order chi connectivity index (χ0) is 37.1. The topological polar surface area (TPSA) is 57.2 Å². The Labute approximate surface area is 315 Å². The molecule has 1 fully saturated rings. The summed E-state index contributed by atoms with van der Waals surface area (Å²) in [4.78, 5) is 0. The molecule has 0 aliphatic carbocycles. The molecule has 5 atom stereocenters. The molecule has 51 heavy (non-hydrogen) atoms. The summed E-state index contributed by atoms with van der Waals surface area (Å²) in [5.41, 5.74) is 2.15. The van der Waals surface area contributed by atoms with E-state index in [1.807, 2.05) is 36.4 Å². The third kappa shape index (κ3) is 8.89. The van der Waals surface area contributed by atoms with E-state index in [0.29, 0.717) is 0 Å². The van der Waals surface area contributed by atoms with E-state index in [2.05, 4.69) is 153 Å². The predicted molar refractivity (Wildman–Crippen MR) is 216 cm³/mol. The van der Waals surface area contributed by atoms with Crippen LogP contribution in [0.5, 0.6) is 0 Å². The first-order valence-electron chi connectivity index (χ1n) is 18.2. The molecule has 0 bridgehead atoms. The number of hydrogen-bond donors (Lipinski definition) is 1. The average molecular weight is 790 g/mol. The van der Waals surface area contributed by atoms with E-state index in [4.69, 9.17) is 18.3 Å². The minimum atomic E-state index is -2.40. The molecule has 1 saturated heterocycles. The van der Waals surface area contributed by atoms with Crippen molar-refractivity contribution in [3.8, 4) is 0 Å². The Morgan fingerprint density at radius 2 is 0.961 bits per heavy atom. The second-order valence-electron chi connectivity index (χ2n) is 16.7. The van der Waals surface area contributed by atoms with E-state index in [0.717, 1.165) is 21.2 Å². The first-order chi connectivity index (χ1) is 24.0. The number of aliphatic hydroxyl groups is 1. The van der Waals surface area contributed by atoms with Gasteiger partial charge in [0.25, 0.3) is 0 Å². The maximum absolute atomic E-state index is 12.4. The Hall–Kier alpha value is -2.37. The summed E-state index contributed by atoms with van der Waals surface area (Å²) in [5.74, 6) is 0. The van der Waals surface area contributed by atoms with Gasteiger partial charge in [-0.05, 0) is 0 Å². The zero-order valence-corrected chi connectivity index (χ0v) is 35.8. The van der Waals surface area contributed by atoms with Gasteiger partial charge in [0.2, 0.25) is 0 Å². The van der Waals surface area contributed by atoms with Crippen molar-refractivity contribution in [1.29, 1.82) is 0 Å². The molecule has 5 nitrogen and oxygen atoms in total. The summed E-state index contributed by atoms with van der Waals surface area (Å²) in [7, 11) is -4.78. The van der Waals surface area contributed by atoms with Crippen LogP contribution >= 0.6 is 0 Å². The fourth-order valence-electron chi connectivity index (χ4n) is 6.05. The average Bonchev–Trinajstić information content (AvgIpc) is 3.09. The van der Waals surface area contributed by atoms with Crippen LogP contribution < -0.4 is 4.46 Å². The maximum atomic E-state index is 12.4. The molecule has 8 heteroatoms. The summed E-state index contributed by atoms with van der Waals surface area (Å²) in [6.45, 7) is 22.8. The van der Waals surface area contributed by atoms with Crippen molar-refractivity contribution in [3.05, 3.63) is 138 Å². The molecule has 4 aromatic rings. The van der Waals surface area contributed by atoms with Crippen LogP contribution in [0.15, 0.2) is 121 Å². The Morgan fingerprint density at radius 1 is 0.588 bits per heavy atom. The molecule has 0 radical (unpaired) electrons. The standard InChI is InChI=1S/C43H58O5SeSi2/c1-41(2,3)50(7,8)47-38-36(46-40(49-35-29-21-14-22-30-35)37(44)39(38)48-51(9,10)42(4,5)6)31-45-43(32-23-15-11-16-24-32,33-25-17-12-18-26-33)34-27-19-13-20-28-34/h11-30,36-40,44H,31H2,1-10H3/t36-,37-,38-,39-,40+/m1/s1. The number of benzene rings is 4. The SMILES string of the molecule is CC(C)(C)[Si](C)(C)O[C@@H]1[C@@H](O)[C@H]([Se]c2ccccc2)O[C@H](COC(c2ccccc2)(c2ccccc2)c2ccccc2)[C@H]1O[Si](C)(C)C(C)(C)C. The molecule has 1 N–H and O–H groups in total. The van der Waals surface area contributed by atoms with E-state index in [-0.39, 0.29) is 31.6 Å². The van der Waals surface area contributed by atoms with Crippen LogP contribution in [0, 0.1) is 0 Å². The summed E-state index contributed by atoms with van der Waals surface area (Å²) >= 11 is -0.189. The van der Waals surface area contributed by atoms with Gasteiger partial charge in [-0.1, -0.05) is 0 Å². The number of ether oxygens (including phenoxy) is 2. The van der Waals surface area contributed by atoms with Crippen LogP contribution in [-0.4, -0.2) is 72.7 Å². The Kier molecular flexibility index (Phi) is 12.4. The van der Waals surface area contributed by atoms with Crippen LogP contribution in [-0.2, 0) is 23.9 Å². The van der Waals surface area contributed by atoms with Gasteiger partial charge < -0.3 is 0 Å². The van der Waals surface area contributed by atoms with E-state index in [9.17, 15) is 5.11 Å². The first kappa shape index (κ1) is 39.8.